The van der Waals surface area contributed by atoms with Crippen molar-refractivity contribution in [3.63, 3.8) is 0 Å². The van der Waals surface area contributed by atoms with Gasteiger partial charge in [-0.25, -0.2) is 4.57 Å². The average Bonchev–Trinajstić information content (AvgIpc) is 2.54. The highest BCUT2D eigenvalue weighted by atomic mass is 16.6. The predicted octanol–water partition coefficient (Wildman–Crippen LogP) is 1.15. The van der Waals surface area contributed by atoms with E-state index in [1.165, 1.54) is 4.57 Å². The molecule has 1 heterocycles. The van der Waals surface area contributed by atoms with Crippen LogP contribution in [0.15, 0.2) is 0 Å². The Morgan fingerprint density at radius 2 is 2.29 bits per heavy atom. The van der Waals surface area contributed by atoms with Crippen molar-refractivity contribution in [2.45, 2.75) is 32.8 Å². The number of hydrogen-bond acceptors (Lipinski definition) is 4. The Labute approximate surface area is 99.4 Å². The number of hydrogen-bond donors (Lipinski definition) is 1. The molecule has 0 saturated heterocycles. The van der Waals surface area contributed by atoms with Crippen LogP contribution in [0.1, 0.15) is 31.3 Å². The summed E-state index contributed by atoms with van der Waals surface area (Å²) in [6.07, 6.45) is 0.410. The molecule has 1 rings (SSSR count). The van der Waals surface area contributed by atoms with E-state index >= 15 is 0 Å². The Balaban J connectivity index is 2.99. The minimum Gasteiger partial charge on any atom is -0.392 e. The molecule has 0 fully saturated rings. The molecular weight excluding hydrogens is 222 g/mol. The fourth-order valence-electron chi connectivity index (χ4n) is 1.29. The van der Waals surface area contributed by atoms with Crippen LogP contribution >= 0.6 is 0 Å². The minimum absolute atomic E-state index is 0.110. The zero-order chi connectivity index (χ0) is 13.0. The highest BCUT2D eigenvalue weighted by Gasteiger charge is 2.20. The summed E-state index contributed by atoms with van der Waals surface area (Å²) in [7, 11) is 1.58. The lowest BCUT2D eigenvalue weighted by Crippen LogP contribution is -2.02. The molecule has 0 bridgehead atoms. The zero-order valence-corrected chi connectivity index (χ0v) is 10.1. The molecule has 0 aliphatic heterocycles. The monoisotopic (exact) mass is 237 g/mol. The Hall–Kier alpha value is -1.87. The van der Waals surface area contributed by atoms with E-state index in [0.29, 0.717) is 18.7 Å². The van der Waals surface area contributed by atoms with Crippen LogP contribution in [0.4, 0.5) is 5.82 Å². The maximum Gasteiger partial charge on any atom is 0.358 e. The molecule has 1 unspecified atom stereocenters. The fourth-order valence-corrected chi connectivity index (χ4v) is 1.29. The van der Waals surface area contributed by atoms with Crippen molar-refractivity contribution in [2.24, 2.45) is 7.05 Å². The first kappa shape index (κ1) is 13.2. The van der Waals surface area contributed by atoms with Crippen molar-refractivity contribution < 1.29 is 10.0 Å². The lowest BCUT2D eigenvalue weighted by Gasteiger charge is -1.98. The van der Waals surface area contributed by atoms with Crippen LogP contribution in [0.5, 0.6) is 0 Å². The second-order valence-electron chi connectivity index (χ2n) is 3.72. The van der Waals surface area contributed by atoms with Crippen LogP contribution in [-0.4, -0.2) is 25.7 Å². The van der Waals surface area contributed by atoms with Gasteiger partial charge in [0.15, 0.2) is 5.82 Å². The van der Waals surface area contributed by atoms with Gasteiger partial charge in [-0.2, -0.15) is 4.98 Å². The molecule has 17 heavy (non-hydrogen) atoms. The summed E-state index contributed by atoms with van der Waals surface area (Å²) in [5, 5.41) is 20.1. The van der Waals surface area contributed by atoms with E-state index in [4.69, 9.17) is 0 Å². The molecule has 0 aliphatic rings. The van der Waals surface area contributed by atoms with Gasteiger partial charge in [0, 0.05) is 13.3 Å². The quantitative estimate of drug-likeness (QED) is 0.485. The van der Waals surface area contributed by atoms with Crippen LogP contribution in [0.2, 0.25) is 0 Å². The second kappa shape index (κ2) is 5.46. The maximum atomic E-state index is 10.8. The molecule has 1 aromatic rings. The van der Waals surface area contributed by atoms with Crippen LogP contribution in [0, 0.1) is 28.9 Å². The third-order valence-corrected chi connectivity index (χ3v) is 2.48. The van der Waals surface area contributed by atoms with E-state index in [0.717, 1.165) is 0 Å². The summed E-state index contributed by atoms with van der Waals surface area (Å²) in [6, 6.07) is 0. The van der Waals surface area contributed by atoms with Crippen LogP contribution < -0.4 is 0 Å². The molecule has 1 N–H and O–H groups in total. The lowest BCUT2D eigenvalue weighted by molar-refractivity contribution is -0.392. The highest BCUT2D eigenvalue weighted by molar-refractivity contribution is 5.43. The number of rotatable bonds is 3. The number of nitro groups is 1. The smallest absolute Gasteiger partial charge is 0.358 e. The van der Waals surface area contributed by atoms with E-state index in [2.05, 4.69) is 16.8 Å². The summed E-state index contributed by atoms with van der Waals surface area (Å²) in [6.45, 7) is 3.53. The Bertz CT molecular complexity index is 482. The molecule has 92 valence electrons. The molecule has 0 aliphatic carbocycles. The molecule has 1 atom stereocenters. The summed E-state index contributed by atoms with van der Waals surface area (Å²) in [5.74, 6) is 5.77. The summed E-state index contributed by atoms with van der Waals surface area (Å²) in [4.78, 5) is 14.4. The van der Waals surface area contributed by atoms with Crippen molar-refractivity contribution in [3.05, 3.63) is 21.6 Å². The topological polar surface area (TPSA) is 81.2 Å². The number of imidazole rings is 1. The molecule has 0 spiro atoms. The van der Waals surface area contributed by atoms with E-state index in [-0.39, 0.29) is 11.5 Å². The van der Waals surface area contributed by atoms with E-state index in [9.17, 15) is 15.2 Å². The summed E-state index contributed by atoms with van der Waals surface area (Å²) < 4.78 is 1.39. The predicted molar refractivity (Wildman–Crippen MR) is 62.4 cm³/mol. The fraction of sp³-hybridized carbons (Fsp3) is 0.545. The number of aryl methyl sites for hydroxylation is 1. The Kier molecular flexibility index (Phi) is 4.24. The SMILES string of the molecule is CCC(O)CC#Cc1nc(C)n(C)c1[N+](=O)[O-]. The molecule has 0 amide bonds. The van der Waals surface area contributed by atoms with Gasteiger partial charge in [0.05, 0.1) is 13.2 Å². The summed E-state index contributed by atoms with van der Waals surface area (Å²) in [5.41, 5.74) is 0.151. The van der Waals surface area contributed by atoms with Gasteiger partial charge in [-0.15, -0.1) is 0 Å². The molecule has 1 aromatic heterocycles. The van der Waals surface area contributed by atoms with Gasteiger partial charge < -0.3 is 15.2 Å². The van der Waals surface area contributed by atoms with Crippen LogP contribution in [0.3, 0.4) is 0 Å². The number of aliphatic hydroxyl groups excluding tert-OH is 1. The van der Waals surface area contributed by atoms with E-state index in [1.807, 2.05) is 6.92 Å². The normalized spacial score (nSPS) is 11.8. The van der Waals surface area contributed by atoms with E-state index in [1.54, 1.807) is 14.0 Å². The lowest BCUT2D eigenvalue weighted by atomic mass is 10.2. The van der Waals surface area contributed by atoms with Crippen LogP contribution in [-0.2, 0) is 7.05 Å². The largest absolute Gasteiger partial charge is 0.392 e. The van der Waals surface area contributed by atoms with Crippen molar-refractivity contribution >= 4 is 5.82 Å². The van der Waals surface area contributed by atoms with Gasteiger partial charge >= 0.3 is 5.82 Å². The van der Waals surface area contributed by atoms with Crippen LogP contribution in [0.25, 0.3) is 0 Å². The number of aliphatic hydroxyl groups is 1. The third-order valence-electron chi connectivity index (χ3n) is 2.48. The second-order valence-corrected chi connectivity index (χ2v) is 3.72. The van der Waals surface area contributed by atoms with E-state index < -0.39 is 11.0 Å². The Morgan fingerprint density at radius 1 is 1.65 bits per heavy atom. The molecular formula is C11H15N3O3. The first-order valence-corrected chi connectivity index (χ1v) is 5.32. The minimum atomic E-state index is -0.500. The Morgan fingerprint density at radius 3 is 2.82 bits per heavy atom. The zero-order valence-electron chi connectivity index (χ0n) is 10.1. The first-order chi connectivity index (χ1) is 7.97. The molecule has 0 radical (unpaired) electrons. The van der Waals surface area contributed by atoms with Crippen molar-refractivity contribution in [1.82, 2.24) is 9.55 Å². The standard InChI is InChI=1S/C11H15N3O3/c1-4-9(15)6-5-7-10-11(14(16)17)13(3)8(2)12-10/h9,15H,4,6H2,1-3H3. The molecule has 6 nitrogen and oxygen atoms in total. The summed E-state index contributed by atoms with van der Waals surface area (Å²) >= 11 is 0. The van der Waals surface area contributed by atoms with Crippen molar-refractivity contribution in [2.75, 3.05) is 0 Å². The number of aromatic nitrogens is 2. The highest BCUT2D eigenvalue weighted by Crippen LogP contribution is 2.17. The van der Waals surface area contributed by atoms with Gasteiger partial charge in [0.1, 0.15) is 0 Å². The van der Waals surface area contributed by atoms with Gasteiger partial charge in [0.2, 0.25) is 5.69 Å². The van der Waals surface area contributed by atoms with Crippen molar-refractivity contribution in [3.8, 4) is 11.8 Å². The van der Waals surface area contributed by atoms with Gasteiger partial charge in [-0.3, -0.25) is 0 Å². The molecule has 0 aromatic carbocycles. The number of nitrogens with zero attached hydrogens (tertiary/aromatic N) is 3. The third kappa shape index (κ3) is 3.04. The van der Waals surface area contributed by atoms with Gasteiger partial charge in [-0.1, -0.05) is 12.8 Å². The first-order valence-electron chi connectivity index (χ1n) is 5.32. The average molecular weight is 237 g/mol. The van der Waals surface area contributed by atoms with Gasteiger partial charge in [-0.05, 0) is 17.3 Å². The van der Waals surface area contributed by atoms with Gasteiger partial charge in [0.25, 0.3) is 0 Å². The van der Waals surface area contributed by atoms with Crippen molar-refractivity contribution in [1.29, 1.82) is 0 Å². The molecule has 0 saturated carbocycles. The molecule has 6 heteroatoms. The maximum absolute atomic E-state index is 10.8.